The molecule has 9 heteroatoms. The summed E-state index contributed by atoms with van der Waals surface area (Å²) in [6.07, 6.45) is 4.18. The Hall–Kier alpha value is -3.66. The molecule has 2 aromatic carbocycles. The monoisotopic (exact) mass is 566 g/mol. The molecule has 2 aliphatic rings. The number of methoxy groups -OCH3 is 2. The van der Waals surface area contributed by atoms with Gasteiger partial charge >= 0.3 is 5.97 Å². The van der Waals surface area contributed by atoms with E-state index >= 15 is 0 Å². The van der Waals surface area contributed by atoms with Gasteiger partial charge in [0, 0.05) is 19.6 Å². The van der Waals surface area contributed by atoms with Crippen molar-refractivity contribution < 1.29 is 42.7 Å². The lowest BCUT2D eigenvalue weighted by atomic mass is 10.00. The summed E-state index contributed by atoms with van der Waals surface area (Å²) in [6, 6.07) is 11.0. The Bertz CT molecular complexity index is 1290. The van der Waals surface area contributed by atoms with Crippen molar-refractivity contribution in [1.82, 2.24) is 0 Å². The summed E-state index contributed by atoms with van der Waals surface area (Å²) in [5.74, 6) is -0.0433. The fourth-order valence-corrected chi connectivity index (χ4v) is 4.63. The van der Waals surface area contributed by atoms with Crippen LogP contribution in [-0.4, -0.2) is 56.9 Å². The third kappa shape index (κ3) is 7.75. The number of ketones is 1. The third-order valence-corrected chi connectivity index (χ3v) is 6.92. The van der Waals surface area contributed by atoms with Crippen LogP contribution in [0.25, 0.3) is 6.08 Å². The number of benzene rings is 2. The highest BCUT2D eigenvalue weighted by Gasteiger charge is 2.44. The molecule has 0 N–H and O–H groups in total. The number of ether oxygens (including phenoxy) is 7. The molecule has 0 spiro atoms. The lowest BCUT2D eigenvalue weighted by Gasteiger charge is -2.20. The van der Waals surface area contributed by atoms with Gasteiger partial charge in [0.15, 0.2) is 18.4 Å². The Kier molecular flexibility index (Phi) is 9.86. The average molecular weight is 567 g/mol. The summed E-state index contributed by atoms with van der Waals surface area (Å²) in [5.41, 5.74) is 2.45. The van der Waals surface area contributed by atoms with Crippen LogP contribution in [0.3, 0.4) is 0 Å². The van der Waals surface area contributed by atoms with Gasteiger partial charge in [-0.15, -0.1) is 0 Å². The molecule has 2 heterocycles. The molecule has 220 valence electrons. The SMILES string of the molecule is COCOc1cc(OCc2ccc(OC)cc2)cc2c1C(=O)O[C@@H](C)C(C)=CCC(=O)[C@H]1OC(C)(C)O[C@H]1CC=C2. The maximum absolute atomic E-state index is 13.5. The first-order chi connectivity index (χ1) is 19.6. The maximum Gasteiger partial charge on any atom is 0.343 e. The first kappa shape index (κ1) is 30.3. The number of hydrogen-bond donors (Lipinski definition) is 0. The second kappa shape index (κ2) is 13.3. The van der Waals surface area contributed by atoms with E-state index in [-0.39, 0.29) is 36.9 Å². The van der Waals surface area contributed by atoms with Crippen molar-refractivity contribution in [2.75, 3.05) is 21.0 Å². The van der Waals surface area contributed by atoms with Crippen LogP contribution >= 0.6 is 0 Å². The molecule has 1 fully saturated rings. The van der Waals surface area contributed by atoms with Crippen LogP contribution in [0.4, 0.5) is 0 Å². The van der Waals surface area contributed by atoms with Crippen LogP contribution in [-0.2, 0) is 30.3 Å². The number of carbonyl (C=O) groups is 2. The normalized spacial score (nSPS) is 22.6. The predicted molar refractivity (Wildman–Crippen MR) is 152 cm³/mol. The lowest BCUT2D eigenvalue weighted by molar-refractivity contribution is -0.154. The van der Waals surface area contributed by atoms with Crippen molar-refractivity contribution in [3.8, 4) is 17.2 Å². The number of cyclic esters (lactones) is 1. The molecular weight excluding hydrogens is 528 g/mol. The summed E-state index contributed by atoms with van der Waals surface area (Å²) >= 11 is 0. The highest BCUT2D eigenvalue weighted by molar-refractivity contribution is 5.97. The summed E-state index contributed by atoms with van der Waals surface area (Å²) in [5, 5.41) is 0. The quantitative estimate of drug-likeness (QED) is 0.239. The fourth-order valence-electron chi connectivity index (χ4n) is 4.63. The topological polar surface area (TPSA) is 98.8 Å². The van der Waals surface area contributed by atoms with E-state index in [4.69, 9.17) is 33.2 Å². The van der Waals surface area contributed by atoms with E-state index in [1.807, 2.05) is 37.3 Å². The van der Waals surface area contributed by atoms with Crippen LogP contribution in [0.15, 0.2) is 54.1 Å². The highest BCUT2D eigenvalue weighted by Crippen LogP contribution is 2.35. The van der Waals surface area contributed by atoms with Crippen LogP contribution in [0.1, 0.15) is 62.0 Å². The Balaban J connectivity index is 1.72. The van der Waals surface area contributed by atoms with E-state index in [1.54, 1.807) is 52.2 Å². The molecule has 3 atom stereocenters. The van der Waals surface area contributed by atoms with Crippen LogP contribution in [0, 0.1) is 0 Å². The number of hydrogen-bond acceptors (Lipinski definition) is 9. The Morgan fingerprint density at radius 1 is 1.00 bits per heavy atom. The van der Waals surface area contributed by atoms with Gasteiger partial charge in [0.1, 0.15) is 41.6 Å². The maximum atomic E-state index is 13.5. The number of carbonyl (C=O) groups excluding carboxylic acids is 2. The van der Waals surface area contributed by atoms with Crippen molar-refractivity contribution in [2.24, 2.45) is 0 Å². The number of fused-ring (bicyclic) bond motifs is 2. The summed E-state index contributed by atoms with van der Waals surface area (Å²) in [6.45, 7) is 7.38. The van der Waals surface area contributed by atoms with Gasteiger partial charge in [0.05, 0.1) is 13.2 Å². The molecule has 0 radical (unpaired) electrons. The van der Waals surface area contributed by atoms with Gasteiger partial charge < -0.3 is 33.2 Å². The van der Waals surface area contributed by atoms with Crippen LogP contribution in [0.2, 0.25) is 0 Å². The molecule has 0 aromatic heterocycles. The molecule has 0 bridgehead atoms. The van der Waals surface area contributed by atoms with Gasteiger partial charge in [-0.3, -0.25) is 4.79 Å². The molecule has 0 aliphatic carbocycles. The zero-order valence-electron chi connectivity index (χ0n) is 24.4. The summed E-state index contributed by atoms with van der Waals surface area (Å²) < 4.78 is 40.1. The Morgan fingerprint density at radius 3 is 2.46 bits per heavy atom. The van der Waals surface area contributed by atoms with Gasteiger partial charge in [-0.1, -0.05) is 30.4 Å². The second-order valence-corrected chi connectivity index (χ2v) is 10.5. The van der Waals surface area contributed by atoms with Crippen molar-refractivity contribution in [1.29, 1.82) is 0 Å². The van der Waals surface area contributed by atoms with Crippen molar-refractivity contribution in [3.63, 3.8) is 0 Å². The molecule has 1 saturated heterocycles. The molecule has 2 aromatic rings. The molecule has 0 unspecified atom stereocenters. The van der Waals surface area contributed by atoms with Crippen molar-refractivity contribution in [2.45, 2.75) is 71.2 Å². The van der Waals surface area contributed by atoms with Gasteiger partial charge in [-0.05, 0) is 69.0 Å². The minimum absolute atomic E-state index is 0.0774. The first-order valence-electron chi connectivity index (χ1n) is 13.6. The van der Waals surface area contributed by atoms with E-state index in [9.17, 15) is 9.59 Å². The number of Topliss-reactive ketones (excluding diaryl/α,β-unsaturated/α-hetero) is 1. The van der Waals surface area contributed by atoms with Gasteiger partial charge in [-0.25, -0.2) is 4.79 Å². The minimum atomic E-state index is -0.889. The van der Waals surface area contributed by atoms with E-state index in [0.29, 0.717) is 17.7 Å². The third-order valence-electron chi connectivity index (χ3n) is 6.92. The molecule has 0 saturated carbocycles. The van der Waals surface area contributed by atoms with Crippen molar-refractivity contribution >= 4 is 17.8 Å². The highest BCUT2D eigenvalue weighted by atomic mass is 16.8. The largest absolute Gasteiger partial charge is 0.497 e. The smallest absolute Gasteiger partial charge is 0.343 e. The lowest BCUT2D eigenvalue weighted by Crippen LogP contribution is -2.31. The van der Waals surface area contributed by atoms with E-state index in [1.165, 1.54) is 7.11 Å². The van der Waals surface area contributed by atoms with Gasteiger partial charge in [-0.2, -0.15) is 0 Å². The zero-order valence-corrected chi connectivity index (χ0v) is 24.4. The molecule has 0 amide bonds. The predicted octanol–water partition coefficient (Wildman–Crippen LogP) is 5.64. The zero-order chi connectivity index (χ0) is 29.6. The van der Waals surface area contributed by atoms with Gasteiger partial charge in [0.2, 0.25) is 0 Å². The fraction of sp³-hybridized carbons (Fsp3) is 0.438. The van der Waals surface area contributed by atoms with Crippen LogP contribution in [0.5, 0.6) is 17.2 Å². The van der Waals surface area contributed by atoms with Gasteiger partial charge in [0.25, 0.3) is 0 Å². The molecule has 4 rings (SSSR count). The molecule has 2 aliphatic heterocycles. The van der Waals surface area contributed by atoms with E-state index in [0.717, 1.165) is 16.9 Å². The number of rotatable bonds is 7. The number of esters is 1. The van der Waals surface area contributed by atoms with E-state index in [2.05, 4.69) is 0 Å². The van der Waals surface area contributed by atoms with E-state index < -0.39 is 30.1 Å². The average Bonchev–Trinajstić information content (AvgIpc) is 3.27. The molecular formula is C32H38O9. The summed E-state index contributed by atoms with van der Waals surface area (Å²) in [7, 11) is 3.12. The minimum Gasteiger partial charge on any atom is -0.497 e. The molecule has 9 nitrogen and oxygen atoms in total. The number of allylic oxidation sites excluding steroid dienone is 1. The summed E-state index contributed by atoms with van der Waals surface area (Å²) in [4.78, 5) is 26.6. The van der Waals surface area contributed by atoms with Crippen LogP contribution < -0.4 is 14.2 Å². The Labute approximate surface area is 241 Å². The second-order valence-electron chi connectivity index (χ2n) is 10.5. The van der Waals surface area contributed by atoms with Crippen molar-refractivity contribution in [3.05, 3.63) is 70.8 Å². The first-order valence-corrected chi connectivity index (χ1v) is 13.6. The standard InChI is InChI=1S/C32H38O9/c1-20-10-15-26(33)30-27(40-32(3,4)41-30)9-7-8-23-16-25(37-18-22-11-13-24(36-6)14-12-22)17-28(38-19-35-5)29(23)31(34)39-21(20)2/h7-8,10-14,16-17,21,27,30H,9,15,18-19H2,1-6H3/t21-,27-,30+/m0/s1. The molecule has 41 heavy (non-hydrogen) atoms. The Morgan fingerprint density at radius 2 is 1.76 bits per heavy atom.